The van der Waals surface area contributed by atoms with Crippen LogP contribution in [0.5, 0.6) is 5.75 Å². The fourth-order valence-corrected chi connectivity index (χ4v) is 3.68. The molecule has 2 heterocycles. The van der Waals surface area contributed by atoms with Gasteiger partial charge in [0.05, 0.1) is 24.2 Å². The van der Waals surface area contributed by atoms with E-state index in [1.165, 1.54) is 5.56 Å². The summed E-state index contributed by atoms with van der Waals surface area (Å²) in [6.45, 7) is 7.51. The van der Waals surface area contributed by atoms with Gasteiger partial charge in [-0.3, -0.25) is 4.79 Å². The Labute approximate surface area is 176 Å². The van der Waals surface area contributed by atoms with Gasteiger partial charge in [0.25, 0.3) is 5.91 Å². The first kappa shape index (κ1) is 19.9. The summed E-state index contributed by atoms with van der Waals surface area (Å²) in [4.78, 5) is 17.0. The highest BCUT2D eigenvalue weighted by atomic mass is 16.5. The van der Waals surface area contributed by atoms with E-state index in [2.05, 4.69) is 40.3 Å². The third kappa shape index (κ3) is 4.15. The molecular formula is C23H27N5O2. The van der Waals surface area contributed by atoms with Crippen LogP contribution in [0.3, 0.4) is 0 Å². The molecule has 30 heavy (non-hydrogen) atoms. The highest BCUT2D eigenvalue weighted by Crippen LogP contribution is 2.29. The van der Waals surface area contributed by atoms with Crippen LogP contribution in [0.4, 0.5) is 5.69 Å². The molecule has 0 N–H and O–H groups in total. The average Bonchev–Trinajstić information content (AvgIpc) is 3.30. The number of rotatable bonds is 6. The van der Waals surface area contributed by atoms with Gasteiger partial charge >= 0.3 is 0 Å². The summed E-state index contributed by atoms with van der Waals surface area (Å²) in [6, 6.07) is 16.2. The van der Waals surface area contributed by atoms with Crippen LogP contribution in [0.25, 0.3) is 5.69 Å². The molecule has 1 aliphatic rings. The zero-order chi connectivity index (χ0) is 20.9. The van der Waals surface area contributed by atoms with Crippen LogP contribution in [0.1, 0.15) is 29.9 Å². The molecule has 7 nitrogen and oxygen atoms in total. The molecule has 1 amide bonds. The Bertz CT molecular complexity index is 991. The summed E-state index contributed by atoms with van der Waals surface area (Å²) < 4.78 is 7.40. The van der Waals surface area contributed by atoms with Gasteiger partial charge in [-0.2, -0.15) is 0 Å². The van der Waals surface area contributed by atoms with Crippen molar-refractivity contribution in [3.63, 3.8) is 0 Å². The molecule has 156 valence electrons. The van der Waals surface area contributed by atoms with Crippen molar-refractivity contribution in [2.75, 3.05) is 37.7 Å². The van der Waals surface area contributed by atoms with Gasteiger partial charge in [0.1, 0.15) is 5.75 Å². The Kier molecular flexibility index (Phi) is 5.97. The van der Waals surface area contributed by atoms with E-state index in [1.807, 2.05) is 42.2 Å². The molecule has 2 aromatic carbocycles. The molecule has 0 atom stereocenters. The highest BCUT2D eigenvalue weighted by Gasteiger charge is 2.25. The number of anilines is 1. The number of aryl methyl sites for hydroxylation is 1. The predicted octanol–water partition coefficient (Wildman–Crippen LogP) is 3.19. The Morgan fingerprint density at radius 3 is 2.43 bits per heavy atom. The molecule has 1 fully saturated rings. The molecule has 0 spiro atoms. The molecule has 3 aromatic rings. The minimum Gasteiger partial charge on any atom is -0.492 e. The maximum Gasteiger partial charge on any atom is 0.276 e. The quantitative estimate of drug-likeness (QED) is 0.630. The standard InChI is InChI=1S/C23H27N5O2/c1-3-18-9-11-19(12-10-18)28-17-20(24-25-28)23(29)27-15-13-26(14-16-27)21-7-5-6-8-22(21)30-4-2/h5-12,17H,3-4,13-16H2,1-2H3. The molecule has 0 radical (unpaired) electrons. The zero-order valence-corrected chi connectivity index (χ0v) is 17.5. The molecule has 0 unspecified atom stereocenters. The molecule has 0 saturated carbocycles. The van der Waals surface area contributed by atoms with E-state index < -0.39 is 0 Å². The molecule has 1 aliphatic heterocycles. The van der Waals surface area contributed by atoms with E-state index in [9.17, 15) is 4.79 Å². The van der Waals surface area contributed by atoms with Crippen LogP contribution in [-0.4, -0.2) is 58.6 Å². The minimum atomic E-state index is -0.0795. The van der Waals surface area contributed by atoms with Gasteiger partial charge in [0.15, 0.2) is 5.69 Å². The SMILES string of the molecule is CCOc1ccccc1N1CCN(C(=O)c2cn(-c3ccc(CC)cc3)nn2)CC1. The van der Waals surface area contributed by atoms with Crippen molar-refractivity contribution in [2.45, 2.75) is 20.3 Å². The number of nitrogens with zero attached hydrogens (tertiary/aromatic N) is 5. The third-order valence-corrected chi connectivity index (χ3v) is 5.39. The largest absolute Gasteiger partial charge is 0.492 e. The number of aromatic nitrogens is 3. The van der Waals surface area contributed by atoms with E-state index in [0.29, 0.717) is 25.4 Å². The molecule has 0 bridgehead atoms. The number of carbonyl (C=O) groups is 1. The second-order valence-electron chi connectivity index (χ2n) is 7.25. The van der Waals surface area contributed by atoms with Gasteiger partial charge in [-0.1, -0.05) is 36.4 Å². The summed E-state index contributed by atoms with van der Waals surface area (Å²) in [6.07, 6.45) is 2.70. The highest BCUT2D eigenvalue weighted by molar-refractivity contribution is 5.92. The van der Waals surface area contributed by atoms with Crippen molar-refractivity contribution in [1.29, 1.82) is 0 Å². The Morgan fingerprint density at radius 1 is 1.00 bits per heavy atom. The van der Waals surface area contributed by atoms with Crippen molar-refractivity contribution in [3.8, 4) is 11.4 Å². The monoisotopic (exact) mass is 405 g/mol. The van der Waals surface area contributed by atoms with Gasteiger partial charge in [0.2, 0.25) is 0 Å². The third-order valence-electron chi connectivity index (χ3n) is 5.39. The number of benzene rings is 2. The Hall–Kier alpha value is -3.35. The summed E-state index contributed by atoms with van der Waals surface area (Å²) in [7, 11) is 0. The van der Waals surface area contributed by atoms with Crippen molar-refractivity contribution < 1.29 is 9.53 Å². The predicted molar refractivity (Wildman–Crippen MR) is 116 cm³/mol. The van der Waals surface area contributed by atoms with Crippen LogP contribution in [0.15, 0.2) is 54.7 Å². The maximum atomic E-state index is 12.9. The lowest BCUT2D eigenvalue weighted by Crippen LogP contribution is -2.49. The number of para-hydroxylation sites is 2. The summed E-state index contributed by atoms with van der Waals surface area (Å²) in [5.74, 6) is 0.806. The molecule has 0 aliphatic carbocycles. The minimum absolute atomic E-state index is 0.0795. The van der Waals surface area contributed by atoms with Crippen molar-refractivity contribution >= 4 is 11.6 Å². The average molecular weight is 406 g/mol. The van der Waals surface area contributed by atoms with Gasteiger partial charge in [-0.05, 0) is 43.2 Å². The molecular weight excluding hydrogens is 378 g/mol. The normalized spacial score (nSPS) is 14.1. The smallest absolute Gasteiger partial charge is 0.276 e. The fourth-order valence-electron chi connectivity index (χ4n) is 3.68. The lowest BCUT2D eigenvalue weighted by molar-refractivity contribution is 0.0740. The maximum absolute atomic E-state index is 12.9. The van der Waals surface area contributed by atoms with Crippen molar-refractivity contribution in [3.05, 3.63) is 66.0 Å². The van der Waals surface area contributed by atoms with Crippen LogP contribution in [0.2, 0.25) is 0 Å². The second kappa shape index (κ2) is 8.98. The van der Waals surface area contributed by atoms with Gasteiger partial charge in [0, 0.05) is 26.2 Å². The molecule has 1 aromatic heterocycles. The van der Waals surface area contributed by atoms with Crippen LogP contribution in [0, 0.1) is 0 Å². The Morgan fingerprint density at radius 2 is 1.73 bits per heavy atom. The number of amides is 1. The Balaban J connectivity index is 1.41. The van der Waals surface area contributed by atoms with Gasteiger partial charge in [-0.15, -0.1) is 5.10 Å². The fraction of sp³-hybridized carbons (Fsp3) is 0.348. The zero-order valence-electron chi connectivity index (χ0n) is 17.5. The number of piperazine rings is 1. The van der Waals surface area contributed by atoms with Crippen LogP contribution < -0.4 is 9.64 Å². The molecule has 4 rings (SSSR count). The van der Waals surface area contributed by atoms with Gasteiger partial charge in [-0.25, -0.2) is 4.68 Å². The van der Waals surface area contributed by atoms with E-state index in [4.69, 9.17) is 4.74 Å². The number of hydrogen-bond acceptors (Lipinski definition) is 5. The molecule has 1 saturated heterocycles. The topological polar surface area (TPSA) is 63.5 Å². The van der Waals surface area contributed by atoms with Gasteiger partial charge < -0.3 is 14.5 Å². The van der Waals surface area contributed by atoms with E-state index >= 15 is 0 Å². The first-order valence-corrected chi connectivity index (χ1v) is 10.5. The number of ether oxygens (including phenoxy) is 1. The van der Waals surface area contributed by atoms with E-state index in [1.54, 1.807) is 10.9 Å². The lowest BCUT2D eigenvalue weighted by atomic mass is 10.1. The first-order chi connectivity index (χ1) is 14.7. The lowest BCUT2D eigenvalue weighted by Gasteiger charge is -2.36. The van der Waals surface area contributed by atoms with Crippen molar-refractivity contribution in [2.24, 2.45) is 0 Å². The van der Waals surface area contributed by atoms with Crippen molar-refractivity contribution in [1.82, 2.24) is 19.9 Å². The summed E-state index contributed by atoms with van der Waals surface area (Å²) >= 11 is 0. The number of hydrogen-bond donors (Lipinski definition) is 0. The number of carbonyl (C=O) groups excluding carboxylic acids is 1. The summed E-state index contributed by atoms with van der Waals surface area (Å²) in [5.41, 5.74) is 3.61. The molecule has 7 heteroatoms. The first-order valence-electron chi connectivity index (χ1n) is 10.5. The summed E-state index contributed by atoms with van der Waals surface area (Å²) in [5, 5.41) is 8.26. The van der Waals surface area contributed by atoms with E-state index in [0.717, 1.165) is 36.6 Å². The van der Waals surface area contributed by atoms with E-state index in [-0.39, 0.29) is 5.91 Å². The second-order valence-corrected chi connectivity index (χ2v) is 7.25. The van der Waals surface area contributed by atoms with Crippen LogP contribution in [-0.2, 0) is 6.42 Å². The van der Waals surface area contributed by atoms with Crippen LogP contribution >= 0.6 is 0 Å².